The van der Waals surface area contributed by atoms with Crippen LogP contribution < -0.4 is 0 Å². The molecule has 0 unspecified atom stereocenters. The van der Waals surface area contributed by atoms with Gasteiger partial charge in [0.1, 0.15) is 11.6 Å². The molecule has 0 radical (unpaired) electrons. The van der Waals surface area contributed by atoms with E-state index in [1.807, 2.05) is 36.0 Å². The zero-order valence-corrected chi connectivity index (χ0v) is 11.2. The Morgan fingerprint density at radius 3 is 2.63 bits per heavy atom. The molecule has 3 rings (SSSR count). The molecule has 0 bridgehead atoms. The maximum absolute atomic E-state index is 12.5. The summed E-state index contributed by atoms with van der Waals surface area (Å²) in [6.07, 6.45) is 7.01. The Labute approximate surface area is 113 Å². The van der Waals surface area contributed by atoms with E-state index < -0.39 is 0 Å². The van der Waals surface area contributed by atoms with Crippen molar-refractivity contribution in [3.63, 3.8) is 0 Å². The second-order valence-electron chi connectivity index (χ2n) is 5.33. The number of nitrogens with zero attached hydrogens (tertiary/aromatic N) is 2. The van der Waals surface area contributed by atoms with Crippen LogP contribution in [-0.4, -0.2) is 15.3 Å². The van der Waals surface area contributed by atoms with Crippen LogP contribution in [0.1, 0.15) is 30.7 Å². The molecule has 0 N–H and O–H groups in total. The maximum atomic E-state index is 12.5. The van der Waals surface area contributed by atoms with Crippen molar-refractivity contribution in [3.8, 4) is 0 Å². The summed E-state index contributed by atoms with van der Waals surface area (Å²) in [4.78, 5) is 16.8. The van der Waals surface area contributed by atoms with Gasteiger partial charge in [-0.25, -0.2) is 4.98 Å². The van der Waals surface area contributed by atoms with E-state index in [-0.39, 0.29) is 5.41 Å². The van der Waals surface area contributed by atoms with Gasteiger partial charge in [0.15, 0.2) is 0 Å². The predicted molar refractivity (Wildman–Crippen MR) is 73.9 cm³/mol. The van der Waals surface area contributed by atoms with E-state index in [9.17, 15) is 4.79 Å². The molecule has 0 atom stereocenters. The molecule has 1 aliphatic rings. The summed E-state index contributed by atoms with van der Waals surface area (Å²) in [5.41, 5.74) is 0.992. The second kappa shape index (κ2) is 4.65. The lowest BCUT2D eigenvalue weighted by atomic mass is 9.89. The summed E-state index contributed by atoms with van der Waals surface area (Å²) in [7, 11) is 1.97. The lowest BCUT2D eigenvalue weighted by molar-refractivity contribution is -0.121. The van der Waals surface area contributed by atoms with Crippen molar-refractivity contribution in [3.05, 3.63) is 54.1 Å². The van der Waals surface area contributed by atoms with Gasteiger partial charge in [-0.15, -0.1) is 0 Å². The molecule has 0 saturated heterocycles. The highest BCUT2D eigenvalue weighted by atomic mass is 16.1. The number of benzene rings is 1. The second-order valence-corrected chi connectivity index (χ2v) is 5.33. The fraction of sp³-hybridized carbons (Fsp3) is 0.375. The van der Waals surface area contributed by atoms with Crippen molar-refractivity contribution in [2.24, 2.45) is 7.05 Å². The summed E-state index contributed by atoms with van der Waals surface area (Å²) < 4.78 is 1.98. The molecule has 3 heteroatoms. The zero-order chi connectivity index (χ0) is 13.3. The number of hydrogen-bond donors (Lipinski definition) is 0. The minimum absolute atomic E-state index is 0.188. The number of rotatable bonds is 5. The first-order valence-electron chi connectivity index (χ1n) is 6.77. The van der Waals surface area contributed by atoms with Gasteiger partial charge in [-0.2, -0.15) is 0 Å². The van der Waals surface area contributed by atoms with Crippen molar-refractivity contribution in [2.45, 2.75) is 31.1 Å². The van der Waals surface area contributed by atoms with E-state index in [1.165, 1.54) is 5.56 Å². The summed E-state index contributed by atoms with van der Waals surface area (Å²) in [6.45, 7) is 0. The third kappa shape index (κ3) is 2.21. The van der Waals surface area contributed by atoms with E-state index in [0.717, 1.165) is 25.1 Å². The van der Waals surface area contributed by atoms with Gasteiger partial charge in [-0.3, -0.25) is 4.79 Å². The van der Waals surface area contributed by atoms with Gasteiger partial charge in [0.2, 0.25) is 0 Å². The number of imidazole rings is 1. The van der Waals surface area contributed by atoms with Gasteiger partial charge in [0.25, 0.3) is 0 Å². The first kappa shape index (κ1) is 12.2. The third-order valence-corrected chi connectivity index (χ3v) is 4.11. The topological polar surface area (TPSA) is 34.9 Å². The number of carbonyl (C=O) groups is 1. The molecule has 1 aromatic carbocycles. The average molecular weight is 254 g/mol. The van der Waals surface area contributed by atoms with Crippen molar-refractivity contribution >= 4 is 5.78 Å². The first-order chi connectivity index (χ1) is 9.22. The molecule has 1 aromatic heterocycles. The Hall–Kier alpha value is -1.90. The highest BCUT2D eigenvalue weighted by molar-refractivity contribution is 5.93. The van der Waals surface area contributed by atoms with Crippen LogP contribution in [0.25, 0.3) is 0 Å². The minimum Gasteiger partial charge on any atom is -0.338 e. The zero-order valence-electron chi connectivity index (χ0n) is 11.2. The Balaban J connectivity index is 1.70. The number of aromatic nitrogens is 2. The Kier molecular flexibility index (Phi) is 2.97. The van der Waals surface area contributed by atoms with Gasteiger partial charge < -0.3 is 4.57 Å². The normalized spacial score (nSPS) is 16.3. The van der Waals surface area contributed by atoms with Crippen LogP contribution in [-0.2, 0) is 23.7 Å². The van der Waals surface area contributed by atoms with Crippen LogP contribution >= 0.6 is 0 Å². The Morgan fingerprint density at radius 2 is 2.05 bits per heavy atom. The van der Waals surface area contributed by atoms with Gasteiger partial charge in [0.05, 0.1) is 5.41 Å². The number of carbonyl (C=O) groups excluding carboxylic acids is 1. The molecule has 3 nitrogen and oxygen atoms in total. The SMILES string of the molecule is Cn1ccnc1CCC(=O)C1(c2ccccc2)CC1. The molecule has 1 fully saturated rings. The summed E-state index contributed by atoms with van der Waals surface area (Å²) in [5.74, 6) is 1.35. The quantitative estimate of drug-likeness (QED) is 0.822. The molecule has 19 heavy (non-hydrogen) atoms. The Bertz CT molecular complexity index is 582. The smallest absolute Gasteiger partial charge is 0.143 e. The summed E-state index contributed by atoms with van der Waals surface area (Å²) >= 11 is 0. The van der Waals surface area contributed by atoms with Crippen LogP contribution in [0.4, 0.5) is 0 Å². The number of Topliss-reactive ketones (excluding diaryl/α,β-unsaturated/α-hetero) is 1. The van der Waals surface area contributed by atoms with Crippen LogP contribution in [0, 0.1) is 0 Å². The van der Waals surface area contributed by atoms with E-state index in [0.29, 0.717) is 12.2 Å². The molecule has 0 aliphatic heterocycles. The van der Waals surface area contributed by atoms with Crippen LogP contribution in [0.2, 0.25) is 0 Å². The number of aryl methyl sites for hydroxylation is 2. The number of ketones is 1. The van der Waals surface area contributed by atoms with E-state index in [1.54, 1.807) is 6.20 Å². The van der Waals surface area contributed by atoms with Crippen LogP contribution in [0.5, 0.6) is 0 Å². The van der Waals surface area contributed by atoms with Crippen LogP contribution in [0.3, 0.4) is 0 Å². The summed E-state index contributed by atoms with van der Waals surface area (Å²) in [6, 6.07) is 10.2. The first-order valence-corrected chi connectivity index (χ1v) is 6.77. The highest BCUT2D eigenvalue weighted by Gasteiger charge is 2.49. The highest BCUT2D eigenvalue weighted by Crippen LogP contribution is 2.49. The fourth-order valence-corrected chi connectivity index (χ4v) is 2.71. The third-order valence-electron chi connectivity index (χ3n) is 4.11. The minimum atomic E-state index is -0.188. The number of hydrogen-bond acceptors (Lipinski definition) is 2. The summed E-state index contributed by atoms with van der Waals surface area (Å²) in [5, 5.41) is 0. The Morgan fingerprint density at radius 1 is 1.32 bits per heavy atom. The van der Waals surface area contributed by atoms with Crippen molar-refractivity contribution in [1.82, 2.24) is 9.55 Å². The average Bonchev–Trinajstić information content (AvgIpc) is 3.16. The molecular weight excluding hydrogens is 236 g/mol. The maximum Gasteiger partial charge on any atom is 0.143 e. The molecule has 98 valence electrons. The molecular formula is C16H18N2O. The van der Waals surface area contributed by atoms with Gasteiger partial charge in [-0.1, -0.05) is 30.3 Å². The van der Waals surface area contributed by atoms with Gasteiger partial charge in [-0.05, 0) is 18.4 Å². The molecule has 1 aliphatic carbocycles. The fourth-order valence-electron chi connectivity index (χ4n) is 2.71. The molecule has 0 spiro atoms. The van der Waals surface area contributed by atoms with E-state index >= 15 is 0 Å². The molecule has 0 amide bonds. The largest absolute Gasteiger partial charge is 0.338 e. The molecule has 1 saturated carbocycles. The van der Waals surface area contributed by atoms with E-state index in [4.69, 9.17) is 0 Å². The van der Waals surface area contributed by atoms with Crippen molar-refractivity contribution in [2.75, 3.05) is 0 Å². The van der Waals surface area contributed by atoms with E-state index in [2.05, 4.69) is 17.1 Å². The molecule has 1 heterocycles. The van der Waals surface area contributed by atoms with Gasteiger partial charge >= 0.3 is 0 Å². The lowest BCUT2D eigenvalue weighted by Gasteiger charge is -2.14. The van der Waals surface area contributed by atoms with Crippen molar-refractivity contribution in [1.29, 1.82) is 0 Å². The van der Waals surface area contributed by atoms with Crippen LogP contribution in [0.15, 0.2) is 42.7 Å². The molecule has 2 aromatic rings. The predicted octanol–water partition coefficient (Wildman–Crippen LogP) is 2.65. The van der Waals surface area contributed by atoms with Gasteiger partial charge in [0, 0.05) is 32.3 Å². The standard InChI is InChI=1S/C16H18N2O/c1-18-12-11-17-15(18)8-7-14(19)16(9-10-16)13-5-3-2-4-6-13/h2-6,11-12H,7-10H2,1H3. The van der Waals surface area contributed by atoms with Crippen molar-refractivity contribution < 1.29 is 4.79 Å². The monoisotopic (exact) mass is 254 g/mol. The lowest BCUT2D eigenvalue weighted by Crippen LogP contribution is -2.21.